The Morgan fingerprint density at radius 2 is 1.29 bits per heavy atom. The van der Waals surface area contributed by atoms with E-state index in [0.717, 1.165) is 39.1 Å². The van der Waals surface area contributed by atoms with Gasteiger partial charge in [0.1, 0.15) is 0 Å². The maximum atomic E-state index is 5.50. The zero-order valence-corrected chi connectivity index (χ0v) is 10.1. The molecule has 3 heteroatoms. The Bertz CT molecular complexity index is 113. The molecule has 0 heterocycles. The van der Waals surface area contributed by atoms with Crippen molar-refractivity contribution in [2.45, 2.75) is 27.2 Å². The molecule has 3 nitrogen and oxygen atoms in total. The Morgan fingerprint density at radius 1 is 0.786 bits per heavy atom. The summed E-state index contributed by atoms with van der Waals surface area (Å²) in [7, 11) is 0. The van der Waals surface area contributed by atoms with Gasteiger partial charge in [0.15, 0.2) is 0 Å². The van der Waals surface area contributed by atoms with Crippen LogP contribution in [0.4, 0.5) is 0 Å². The van der Waals surface area contributed by atoms with Gasteiger partial charge in [-0.3, -0.25) is 0 Å². The molecule has 2 N–H and O–H groups in total. The van der Waals surface area contributed by atoms with Gasteiger partial charge in [-0.1, -0.05) is 20.8 Å². The molecular weight excluding hydrogens is 174 g/mol. The van der Waals surface area contributed by atoms with Crippen LogP contribution < -0.4 is 5.73 Å². The molecule has 0 aliphatic carbocycles. The normalized spacial score (nSPS) is 11.6. The number of hydrogen-bond donors (Lipinski definition) is 1. The summed E-state index contributed by atoms with van der Waals surface area (Å²) in [5, 5.41) is 0. The maximum absolute atomic E-state index is 5.50. The predicted octanol–water partition coefficient (Wildman–Crippen LogP) is 0.999. The Balaban J connectivity index is 3.59. The zero-order valence-electron chi connectivity index (χ0n) is 10.1. The van der Waals surface area contributed by atoms with Gasteiger partial charge in [0, 0.05) is 13.1 Å². The second-order valence-corrected chi connectivity index (χ2v) is 3.60. The molecule has 0 amide bonds. The fourth-order valence-corrected chi connectivity index (χ4v) is 1.57. The van der Waals surface area contributed by atoms with E-state index in [9.17, 15) is 0 Å². The molecule has 0 unspecified atom stereocenters. The van der Waals surface area contributed by atoms with Crippen LogP contribution in [0.3, 0.4) is 0 Å². The highest BCUT2D eigenvalue weighted by Gasteiger charge is 2.04. The third-order valence-electron chi connectivity index (χ3n) is 2.75. The van der Waals surface area contributed by atoms with E-state index in [0.29, 0.717) is 0 Å². The second-order valence-electron chi connectivity index (χ2n) is 3.60. The minimum Gasteiger partial charge on any atom is -0.330 e. The summed E-state index contributed by atoms with van der Waals surface area (Å²) >= 11 is 0. The van der Waals surface area contributed by atoms with Crippen molar-refractivity contribution in [3.63, 3.8) is 0 Å². The van der Waals surface area contributed by atoms with Crippen molar-refractivity contribution in [1.29, 1.82) is 0 Å². The van der Waals surface area contributed by atoms with Crippen LogP contribution in [-0.2, 0) is 0 Å². The molecule has 0 atom stereocenters. The van der Waals surface area contributed by atoms with Gasteiger partial charge in [-0.15, -0.1) is 0 Å². The molecule has 0 rings (SSSR count). The molecule has 0 saturated heterocycles. The molecule has 0 spiro atoms. The molecule has 0 radical (unpaired) electrons. The van der Waals surface area contributed by atoms with Crippen molar-refractivity contribution in [2.24, 2.45) is 5.73 Å². The van der Waals surface area contributed by atoms with Gasteiger partial charge in [-0.2, -0.15) is 0 Å². The molecule has 0 bridgehead atoms. The molecule has 0 aromatic carbocycles. The van der Waals surface area contributed by atoms with Crippen LogP contribution in [0.5, 0.6) is 0 Å². The van der Waals surface area contributed by atoms with E-state index in [1.807, 2.05) is 0 Å². The number of hydrogen-bond acceptors (Lipinski definition) is 3. The van der Waals surface area contributed by atoms with E-state index in [-0.39, 0.29) is 0 Å². The first-order valence-electron chi connectivity index (χ1n) is 5.93. The third kappa shape index (κ3) is 6.35. The highest BCUT2D eigenvalue weighted by atomic mass is 15.2. The number of likely N-dealkylation sites (N-methyl/N-ethyl adjacent to an activating group) is 2. The Kier molecular flexibility index (Phi) is 9.35. The van der Waals surface area contributed by atoms with Crippen LogP contribution in [-0.4, -0.2) is 55.6 Å². The Morgan fingerprint density at radius 3 is 1.71 bits per heavy atom. The van der Waals surface area contributed by atoms with Gasteiger partial charge in [0.25, 0.3) is 0 Å². The third-order valence-corrected chi connectivity index (χ3v) is 2.75. The molecule has 0 aromatic rings. The fraction of sp³-hybridized carbons (Fsp3) is 1.00. The smallest absolute Gasteiger partial charge is 0.0109 e. The summed E-state index contributed by atoms with van der Waals surface area (Å²) in [6.45, 7) is 14.4. The van der Waals surface area contributed by atoms with E-state index in [1.165, 1.54) is 13.1 Å². The summed E-state index contributed by atoms with van der Waals surface area (Å²) < 4.78 is 0. The van der Waals surface area contributed by atoms with Crippen molar-refractivity contribution in [1.82, 2.24) is 9.80 Å². The van der Waals surface area contributed by atoms with E-state index in [2.05, 4.69) is 30.6 Å². The zero-order chi connectivity index (χ0) is 10.8. The summed E-state index contributed by atoms with van der Waals surface area (Å²) in [5.74, 6) is 0. The van der Waals surface area contributed by atoms with Gasteiger partial charge in [-0.05, 0) is 39.1 Å². The van der Waals surface area contributed by atoms with Gasteiger partial charge in [0.05, 0.1) is 0 Å². The first kappa shape index (κ1) is 13.9. The molecule has 0 fully saturated rings. The lowest BCUT2D eigenvalue weighted by molar-refractivity contribution is 0.220. The van der Waals surface area contributed by atoms with Crippen LogP contribution in [0.1, 0.15) is 27.2 Å². The fourth-order valence-electron chi connectivity index (χ4n) is 1.57. The first-order chi connectivity index (χ1) is 6.78. The van der Waals surface area contributed by atoms with E-state index in [1.54, 1.807) is 0 Å². The monoisotopic (exact) mass is 201 g/mol. The van der Waals surface area contributed by atoms with Crippen molar-refractivity contribution in [3.05, 3.63) is 0 Å². The summed E-state index contributed by atoms with van der Waals surface area (Å²) in [6, 6.07) is 0. The Hall–Kier alpha value is -0.120. The molecule has 0 saturated carbocycles. The lowest BCUT2D eigenvalue weighted by atomic mass is 10.3. The number of nitrogens with two attached hydrogens (primary N) is 1. The van der Waals surface area contributed by atoms with E-state index in [4.69, 9.17) is 5.73 Å². The molecule has 0 aliphatic rings. The molecule has 0 aliphatic heterocycles. The highest BCUT2D eigenvalue weighted by Crippen LogP contribution is 1.93. The summed E-state index contributed by atoms with van der Waals surface area (Å²) in [4.78, 5) is 4.94. The quantitative estimate of drug-likeness (QED) is 0.604. The van der Waals surface area contributed by atoms with E-state index < -0.39 is 0 Å². The van der Waals surface area contributed by atoms with Crippen LogP contribution in [0, 0.1) is 0 Å². The SMILES string of the molecule is CCN(CC)CCN(CC)CCCN. The number of rotatable bonds is 9. The largest absolute Gasteiger partial charge is 0.330 e. The van der Waals surface area contributed by atoms with E-state index >= 15 is 0 Å². The predicted molar refractivity (Wildman–Crippen MR) is 63.6 cm³/mol. The van der Waals surface area contributed by atoms with Crippen molar-refractivity contribution < 1.29 is 0 Å². The number of nitrogens with zero attached hydrogens (tertiary/aromatic N) is 2. The molecule has 86 valence electrons. The average Bonchev–Trinajstić information content (AvgIpc) is 2.23. The van der Waals surface area contributed by atoms with Gasteiger partial charge < -0.3 is 15.5 Å². The summed E-state index contributed by atoms with van der Waals surface area (Å²) in [6.07, 6.45) is 1.12. The van der Waals surface area contributed by atoms with Crippen LogP contribution in [0.2, 0.25) is 0 Å². The lowest BCUT2D eigenvalue weighted by Gasteiger charge is -2.24. The van der Waals surface area contributed by atoms with Crippen molar-refractivity contribution in [3.8, 4) is 0 Å². The minimum absolute atomic E-state index is 0.807. The lowest BCUT2D eigenvalue weighted by Crippen LogP contribution is -2.36. The second kappa shape index (κ2) is 9.44. The average molecular weight is 201 g/mol. The Labute approximate surface area is 89.2 Å². The highest BCUT2D eigenvalue weighted by molar-refractivity contribution is 4.60. The van der Waals surface area contributed by atoms with Gasteiger partial charge in [-0.25, -0.2) is 0 Å². The van der Waals surface area contributed by atoms with Crippen molar-refractivity contribution in [2.75, 3.05) is 45.8 Å². The van der Waals surface area contributed by atoms with Gasteiger partial charge in [0.2, 0.25) is 0 Å². The van der Waals surface area contributed by atoms with Crippen LogP contribution >= 0.6 is 0 Å². The minimum atomic E-state index is 0.807. The van der Waals surface area contributed by atoms with Crippen LogP contribution in [0.25, 0.3) is 0 Å². The first-order valence-corrected chi connectivity index (χ1v) is 5.93. The van der Waals surface area contributed by atoms with Gasteiger partial charge >= 0.3 is 0 Å². The van der Waals surface area contributed by atoms with Crippen LogP contribution in [0.15, 0.2) is 0 Å². The maximum Gasteiger partial charge on any atom is 0.0109 e. The standard InChI is InChI=1S/C11H27N3/c1-4-13(5-2)10-11-14(6-3)9-7-8-12/h4-12H2,1-3H3. The molecular formula is C11H27N3. The van der Waals surface area contributed by atoms with Crippen molar-refractivity contribution >= 4 is 0 Å². The summed E-state index contributed by atoms with van der Waals surface area (Å²) in [5.41, 5.74) is 5.50. The topological polar surface area (TPSA) is 32.5 Å². The molecule has 14 heavy (non-hydrogen) atoms. The molecule has 0 aromatic heterocycles.